The summed E-state index contributed by atoms with van der Waals surface area (Å²) >= 11 is 3.08. The SMILES string of the molecule is CCCNC(=O)C(C)Nc1ccc(Br)c(F)c1. The third kappa shape index (κ3) is 4.34. The van der Waals surface area contributed by atoms with Gasteiger partial charge in [-0.2, -0.15) is 0 Å². The average Bonchev–Trinajstić information content (AvgIpc) is 2.30. The van der Waals surface area contributed by atoms with Crippen LogP contribution in [0.3, 0.4) is 0 Å². The van der Waals surface area contributed by atoms with Crippen LogP contribution in [0.1, 0.15) is 20.3 Å². The largest absolute Gasteiger partial charge is 0.374 e. The fourth-order valence-electron chi connectivity index (χ4n) is 1.30. The van der Waals surface area contributed by atoms with E-state index in [-0.39, 0.29) is 17.8 Å². The summed E-state index contributed by atoms with van der Waals surface area (Å²) in [4.78, 5) is 11.6. The number of nitrogens with one attached hydrogen (secondary N) is 2. The lowest BCUT2D eigenvalue weighted by atomic mass is 10.2. The topological polar surface area (TPSA) is 41.1 Å². The molecule has 1 aromatic carbocycles. The highest BCUT2D eigenvalue weighted by Gasteiger charge is 2.12. The van der Waals surface area contributed by atoms with E-state index in [1.54, 1.807) is 19.1 Å². The minimum atomic E-state index is -0.387. The Morgan fingerprint density at radius 2 is 2.24 bits per heavy atom. The van der Waals surface area contributed by atoms with Gasteiger partial charge in [0.15, 0.2) is 0 Å². The van der Waals surface area contributed by atoms with Crippen molar-refractivity contribution < 1.29 is 9.18 Å². The Bertz CT molecular complexity index is 398. The maximum Gasteiger partial charge on any atom is 0.242 e. The Kier molecular flexibility index (Phi) is 5.41. The molecular formula is C12H16BrFN2O. The van der Waals surface area contributed by atoms with E-state index < -0.39 is 0 Å². The third-order valence-electron chi connectivity index (χ3n) is 2.25. The van der Waals surface area contributed by atoms with E-state index in [0.717, 1.165) is 6.42 Å². The molecule has 0 aliphatic rings. The maximum absolute atomic E-state index is 13.2. The first-order valence-electron chi connectivity index (χ1n) is 5.54. The van der Waals surface area contributed by atoms with Gasteiger partial charge in [-0.05, 0) is 47.5 Å². The maximum atomic E-state index is 13.2. The molecule has 1 aromatic rings. The number of carbonyl (C=O) groups is 1. The van der Waals surface area contributed by atoms with Gasteiger partial charge in [0.05, 0.1) is 4.47 Å². The summed E-state index contributed by atoms with van der Waals surface area (Å²) in [5.41, 5.74) is 0.588. The standard InChI is InChI=1S/C12H16BrFN2O/c1-3-6-15-12(17)8(2)16-9-4-5-10(13)11(14)7-9/h4-5,7-8,16H,3,6H2,1-2H3,(H,15,17). The predicted molar refractivity (Wildman–Crippen MR) is 70.5 cm³/mol. The highest BCUT2D eigenvalue weighted by Crippen LogP contribution is 2.19. The predicted octanol–water partition coefficient (Wildman–Crippen LogP) is 2.91. The van der Waals surface area contributed by atoms with E-state index in [0.29, 0.717) is 16.7 Å². The van der Waals surface area contributed by atoms with Gasteiger partial charge in [0.2, 0.25) is 5.91 Å². The highest BCUT2D eigenvalue weighted by atomic mass is 79.9. The molecule has 1 rings (SSSR count). The van der Waals surface area contributed by atoms with Crippen molar-refractivity contribution in [2.75, 3.05) is 11.9 Å². The van der Waals surface area contributed by atoms with Gasteiger partial charge in [0.25, 0.3) is 0 Å². The van der Waals surface area contributed by atoms with Gasteiger partial charge >= 0.3 is 0 Å². The van der Waals surface area contributed by atoms with Crippen molar-refractivity contribution in [1.29, 1.82) is 0 Å². The van der Waals surface area contributed by atoms with Gasteiger partial charge in [0.1, 0.15) is 11.9 Å². The van der Waals surface area contributed by atoms with E-state index >= 15 is 0 Å². The second-order valence-corrected chi connectivity index (χ2v) is 4.64. The van der Waals surface area contributed by atoms with Gasteiger partial charge in [-0.1, -0.05) is 6.92 Å². The van der Waals surface area contributed by atoms with Gasteiger partial charge in [-0.15, -0.1) is 0 Å². The summed E-state index contributed by atoms with van der Waals surface area (Å²) < 4.78 is 13.7. The lowest BCUT2D eigenvalue weighted by Crippen LogP contribution is -2.37. The molecule has 5 heteroatoms. The van der Waals surface area contributed by atoms with Gasteiger partial charge in [-0.3, -0.25) is 4.79 Å². The quantitative estimate of drug-likeness (QED) is 0.878. The van der Waals surface area contributed by atoms with Gasteiger partial charge in [0, 0.05) is 12.2 Å². The molecule has 1 atom stereocenters. The van der Waals surface area contributed by atoms with Crippen LogP contribution in [0, 0.1) is 5.82 Å². The Morgan fingerprint density at radius 3 is 2.82 bits per heavy atom. The molecule has 0 aliphatic heterocycles. The van der Waals surface area contributed by atoms with Crippen LogP contribution < -0.4 is 10.6 Å². The first-order chi connectivity index (χ1) is 8.04. The molecule has 0 aliphatic carbocycles. The smallest absolute Gasteiger partial charge is 0.242 e. The number of anilines is 1. The second kappa shape index (κ2) is 6.59. The molecule has 0 fully saturated rings. The van der Waals surface area contributed by atoms with Crippen LogP contribution in [-0.4, -0.2) is 18.5 Å². The number of hydrogen-bond acceptors (Lipinski definition) is 2. The summed E-state index contributed by atoms with van der Waals surface area (Å²) in [5, 5.41) is 5.72. The molecular weight excluding hydrogens is 287 g/mol. The lowest BCUT2D eigenvalue weighted by molar-refractivity contribution is -0.121. The Labute approximate surface area is 109 Å². The van der Waals surface area contributed by atoms with Crippen molar-refractivity contribution >= 4 is 27.5 Å². The number of amides is 1. The average molecular weight is 303 g/mol. The van der Waals surface area contributed by atoms with E-state index in [9.17, 15) is 9.18 Å². The third-order valence-corrected chi connectivity index (χ3v) is 2.89. The molecule has 1 unspecified atom stereocenters. The molecule has 2 N–H and O–H groups in total. The van der Waals surface area contributed by atoms with Crippen LogP contribution in [0.2, 0.25) is 0 Å². The number of benzene rings is 1. The molecule has 3 nitrogen and oxygen atoms in total. The Hall–Kier alpha value is -1.10. The summed E-state index contributed by atoms with van der Waals surface area (Å²) in [6, 6.07) is 4.29. The van der Waals surface area contributed by atoms with Crippen LogP contribution >= 0.6 is 15.9 Å². The second-order valence-electron chi connectivity index (χ2n) is 3.79. The molecule has 0 heterocycles. The normalized spacial score (nSPS) is 12.0. The molecule has 17 heavy (non-hydrogen) atoms. The van der Waals surface area contributed by atoms with Crippen LogP contribution in [0.4, 0.5) is 10.1 Å². The number of rotatable bonds is 5. The van der Waals surface area contributed by atoms with E-state index in [2.05, 4.69) is 26.6 Å². The van der Waals surface area contributed by atoms with Crippen LogP contribution in [-0.2, 0) is 4.79 Å². The van der Waals surface area contributed by atoms with Crippen LogP contribution in [0.15, 0.2) is 22.7 Å². The Morgan fingerprint density at radius 1 is 1.53 bits per heavy atom. The zero-order chi connectivity index (χ0) is 12.8. The Balaban J connectivity index is 2.58. The lowest BCUT2D eigenvalue weighted by Gasteiger charge is -2.15. The van der Waals surface area contributed by atoms with E-state index in [1.807, 2.05) is 6.92 Å². The fourth-order valence-corrected chi connectivity index (χ4v) is 1.55. The summed E-state index contributed by atoms with van der Waals surface area (Å²) in [6.45, 7) is 4.38. The number of hydrogen-bond donors (Lipinski definition) is 2. The minimum Gasteiger partial charge on any atom is -0.374 e. The molecule has 0 spiro atoms. The van der Waals surface area contributed by atoms with Gasteiger partial charge in [-0.25, -0.2) is 4.39 Å². The molecule has 94 valence electrons. The monoisotopic (exact) mass is 302 g/mol. The molecule has 1 amide bonds. The van der Waals surface area contributed by atoms with Crippen molar-refractivity contribution in [2.24, 2.45) is 0 Å². The number of halogens is 2. The molecule has 0 saturated carbocycles. The zero-order valence-electron chi connectivity index (χ0n) is 9.89. The van der Waals surface area contributed by atoms with E-state index in [1.165, 1.54) is 6.07 Å². The molecule has 0 radical (unpaired) electrons. The fraction of sp³-hybridized carbons (Fsp3) is 0.417. The van der Waals surface area contributed by atoms with Crippen molar-refractivity contribution in [1.82, 2.24) is 5.32 Å². The van der Waals surface area contributed by atoms with E-state index in [4.69, 9.17) is 0 Å². The molecule has 0 bridgehead atoms. The molecule has 0 aromatic heterocycles. The van der Waals surface area contributed by atoms with Crippen LogP contribution in [0.25, 0.3) is 0 Å². The van der Waals surface area contributed by atoms with Crippen molar-refractivity contribution in [3.05, 3.63) is 28.5 Å². The van der Waals surface area contributed by atoms with Crippen molar-refractivity contribution in [3.8, 4) is 0 Å². The minimum absolute atomic E-state index is 0.0878. The molecule has 0 saturated heterocycles. The zero-order valence-corrected chi connectivity index (χ0v) is 11.5. The summed E-state index contributed by atoms with van der Waals surface area (Å²) in [6.07, 6.45) is 0.894. The van der Waals surface area contributed by atoms with Crippen molar-refractivity contribution in [2.45, 2.75) is 26.3 Å². The first kappa shape index (κ1) is 14.0. The van der Waals surface area contributed by atoms with Crippen molar-refractivity contribution in [3.63, 3.8) is 0 Å². The van der Waals surface area contributed by atoms with Crippen LogP contribution in [0.5, 0.6) is 0 Å². The van der Waals surface area contributed by atoms with Gasteiger partial charge < -0.3 is 10.6 Å². The summed E-state index contributed by atoms with van der Waals surface area (Å²) in [7, 11) is 0. The summed E-state index contributed by atoms with van der Waals surface area (Å²) in [5.74, 6) is -0.439. The first-order valence-corrected chi connectivity index (χ1v) is 6.33. The highest BCUT2D eigenvalue weighted by molar-refractivity contribution is 9.10. The number of carbonyl (C=O) groups excluding carboxylic acids is 1.